The SMILES string of the molecule is COCC(=O)N[C@H](C(=O)N[C@@H](Cc1ccccc1)[C@H](O)CN1CC2CCCC[C@H]2C[C@H]1C(=O)NC(C)(C)C)C(C)(C)C. The van der Waals surface area contributed by atoms with Crippen molar-refractivity contribution in [2.24, 2.45) is 17.3 Å². The normalized spacial score (nSPS) is 23.7. The van der Waals surface area contributed by atoms with Crippen molar-refractivity contribution < 1.29 is 24.2 Å². The summed E-state index contributed by atoms with van der Waals surface area (Å²) < 4.78 is 4.95. The van der Waals surface area contributed by atoms with Gasteiger partial charge in [-0.1, -0.05) is 70.4 Å². The molecule has 4 N–H and O–H groups in total. The highest BCUT2D eigenvalue weighted by atomic mass is 16.5. The maximum absolute atomic E-state index is 13.7. The molecule has 1 heterocycles. The first-order valence-electron chi connectivity index (χ1n) is 15.5. The zero-order chi connectivity index (χ0) is 31.1. The van der Waals surface area contributed by atoms with E-state index >= 15 is 0 Å². The zero-order valence-corrected chi connectivity index (χ0v) is 26.7. The molecule has 42 heavy (non-hydrogen) atoms. The predicted molar refractivity (Wildman–Crippen MR) is 165 cm³/mol. The number of fused-ring (bicyclic) bond motifs is 1. The lowest BCUT2D eigenvalue weighted by Crippen LogP contribution is -2.62. The Bertz CT molecular complexity index is 1040. The highest BCUT2D eigenvalue weighted by molar-refractivity contribution is 5.89. The topological polar surface area (TPSA) is 120 Å². The lowest BCUT2D eigenvalue weighted by Gasteiger charge is -2.47. The standard InChI is InChI=1S/C33H54N4O5/c1-32(2,3)29(35-28(39)21-42-7)31(41)34-25(17-22-13-9-8-10-14-22)27(38)20-37-19-24-16-12-11-15-23(24)18-26(37)30(40)36-33(4,5)6/h8-10,13-14,23-27,29,38H,11-12,15-21H2,1-7H3,(H,34,41)(H,35,39)(H,36,40)/t23-,24?,25-,26-,27+,29+/m0/s1. The second-order valence-electron chi connectivity index (χ2n) is 14.4. The minimum atomic E-state index is -0.936. The Morgan fingerprint density at radius 1 is 1.00 bits per heavy atom. The number of ether oxygens (including phenoxy) is 1. The van der Waals surface area contributed by atoms with E-state index in [0.717, 1.165) is 31.4 Å². The molecular weight excluding hydrogens is 532 g/mol. The third kappa shape index (κ3) is 10.1. The second kappa shape index (κ2) is 14.8. The van der Waals surface area contributed by atoms with Gasteiger partial charge in [-0.05, 0) is 62.8 Å². The summed E-state index contributed by atoms with van der Waals surface area (Å²) in [5.74, 6) is 0.283. The number of nitrogens with one attached hydrogen (secondary N) is 3. The molecule has 236 valence electrons. The van der Waals surface area contributed by atoms with Gasteiger partial charge in [-0.2, -0.15) is 0 Å². The molecule has 0 bridgehead atoms. The van der Waals surface area contributed by atoms with E-state index in [1.165, 1.54) is 20.0 Å². The molecule has 9 nitrogen and oxygen atoms in total. The van der Waals surface area contributed by atoms with Crippen LogP contribution in [0, 0.1) is 17.3 Å². The van der Waals surface area contributed by atoms with Gasteiger partial charge in [0.05, 0.1) is 18.2 Å². The fourth-order valence-electron chi connectivity index (χ4n) is 6.42. The van der Waals surface area contributed by atoms with Crippen LogP contribution in [0.4, 0.5) is 0 Å². The van der Waals surface area contributed by atoms with Crippen LogP contribution < -0.4 is 16.0 Å². The van der Waals surface area contributed by atoms with E-state index in [1.807, 2.05) is 71.9 Å². The van der Waals surface area contributed by atoms with E-state index in [4.69, 9.17) is 4.74 Å². The lowest BCUT2D eigenvalue weighted by atomic mass is 9.72. The first-order valence-corrected chi connectivity index (χ1v) is 15.5. The van der Waals surface area contributed by atoms with Crippen LogP contribution in [-0.4, -0.2) is 84.3 Å². The molecule has 3 rings (SSSR count). The molecule has 1 saturated heterocycles. The van der Waals surface area contributed by atoms with Gasteiger partial charge in [-0.25, -0.2) is 0 Å². The zero-order valence-electron chi connectivity index (χ0n) is 26.7. The average molecular weight is 587 g/mol. The number of hydrogen-bond donors (Lipinski definition) is 4. The van der Waals surface area contributed by atoms with E-state index < -0.39 is 23.6 Å². The maximum Gasteiger partial charge on any atom is 0.246 e. The summed E-state index contributed by atoms with van der Waals surface area (Å²) in [6.45, 7) is 12.5. The molecule has 6 atom stereocenters. The molecule has 1 aliphatic carbocycles. The Morgan fingerprint density at radius 2 is 1.64 bits per heavy atom. The molecule has 1 aromatic carbocycles. The van der Waals surface area contributed by atoms with Gasteiger partial charge in [0.1, 0.15) is 12.6 Å². The molecule has 1 aromatic rings. The Labute approximate surface area is 252 Å². The molecule has 1 saturated carbocycles. The number of aliphatic hydroxyl groups is 1. The number of aliphatic hydroxyl groups excluding tert-OH is 1. The number of amides is 3. The Balaban J connectivity index is 1.84. The van der Waals surface area contributed by atoms with E-state index in [9.17, 15) is 19.5 Å². The summed E-state index contributed by atoms with van der Waals surface area (Å²) in [5, 5.41) is 20.8. The van der Waals surface area contributed by atoms with E-state index in [0.29, 0.717) is 18.3 Å². The number of benzene rings is 1. The monoisotopic (exact) mass is 586 g/mol. The first kappa shape index (κ1) is 34.0. The molecule has 2 fully saturated rings. The van der Waals surface area contributed by atoms with Gasteiger partial charge in [0.25, 0.3) is 0 Å². The van der Waals surface area contributed by atoms with Crippen LogP contribution in [0.1, 0.15) is 79.2 Å². The Morgan fingerprint density at radius 3 is 2.24 bits per heavy atom. The van der Waals surface area contributed by atoms with Crippen LogP contribution in [0.25, 0.3) is 0 Å². The minimum Gasteiger partial charge on any atom is -0.390 e. The number of likely N-dealkylation sites (tertiary alicyclic amines) is 1. The summed E-state index contributed by atoms with van der Waals surface area (Å²) in [5.41, 5.74) is 0.0454. The fraction of sp³-hybridized carbons (Fsp3) is 0.727. The van der Waals surface area contributed by atoms with E-state index in [-0.39, 0.29) is 42.5 Å². The van der Waals surface area contributed by atoms with Crippen molar-refractivity contribution in [1.82, 2.24) is 20.9 Å². The summed E-state index contributed by atoms with van der Waals surface area (Å²) in [7, 11) is 1.43. The Hall–Kier alpha value is -2.49. The molecule has 0 spiro atoms. The van der Waals surface area contributed by atoms with Gasteiger partial charge in [0, 0.05) is 25.7 Å². The van der Waals surface area contributed by atoms with E-state index in [1.54, 1.807) is 0 Å². The van der Waals surface area contributed by atoms with Gasteiger partial charge in [0.2, 0.25) is 17.7 Å². The first-order chi connectivity index (χ1) is 19.7. The molecule has 2 aliphatic rings. The van der Waals surface area contributed by atoms with Gasteiger partial charge in [-0.15, -0.1) is 0 Å². The molecule has 1 aliphatic heterocycles. The van der Waals surface area contributed by atoms with Crippen molar-refractivity contribution >= 4 is 17.7 Å². The smallest absolute Gasteiger partial charge is 0.246 e. The van der Waals surface area contributed by atoms with Crippen LogP contribution in [0.15, 0.2) is 30.3 Å². The molecule has 0 aromatic heterocycles. The van der Waals surface area contributed by atoms with Gasteiger partial charge in [-0.3, -0.25) is 19.3 Å². The van der Waals surface area contributed by atoms with Crippen molar-refractivity contribution in [2.75, 3.05) is 26.8 Å². The molecule has 0 radical (unpaired) electrons. The number of carbonyl (C=O) groups excluding carboxylic acids is 3. The number of β-amino-alcohol motifs (C(OH)–C–C–N with tert-alkyl or cyclic N) is 1. The number of piperidine rings is 1. The quantitative estimate of drug-likeness (QED) is 0.317. The molecule has 9 heteroatoms. The lowest BCUT2D eigenvalue weighted by molar-refractivity contribution is -0.135. The summed E-state index contributed by atoms with van der Waals surface area (Å²) in [6.07, 6.45) is 4.96. The largest absolute Gasteiger partial charge is 0.390 e. The van der Waals surface area contributed by atoms with Crippen LogP contribution in [-0.2, 0) is 25.5 Å². The average Bonchev–Trinajstić information content (AvgIpc) is 2.90. The molecule has 3 amide bonds. The molecular formula is C33H54N4O5. The summed E-state index contributed by atoms with van der Waals surface area (Å²) in [6, 6.07) is 7.96. The number of rotatable bonds is 11. The third-order valence-corrected chi connectivity index (χ3v) is 8.52. The van der Waals surface area contributed by atoms with Crippen LogP contribution in [0.3, 0.4) is 0 Å². The van der Waals surface area contributed by atoms with Crippen molar-refractivity contribution in [3.63, 3.8) is 0 Å². The van der Waals surface area contributed by atoms with Gasteiger partial charge < -0.3 is 25.8 Å². The third-order valence-electron chi connectivity index (χ3n) is 8.52. The Kier molecular flexibility index (Phi) is 12.0. The summed E-state index contributed by atoms with van der Waals surface area (Å²) in [4.78, 5) is 41.7. The maximum atomic E-state index is 13.7. The van der Waals surface area contributed by atoms with Crippen LogP contribution in [0.2, 0.25) is 0 Å². The van der Waals surface area contributed by atoms with Crippen molar-refractivity contribution in [2.45, 2.75) is 110 Å². The van der Waals surface area contributed by atoms with Crippen LogP contribution in [0.5, 0.6) is 0 Å². The highest BCUT2D eigenvalue weighted by Crippen LogP contribution is 2.39. The minimum absolute atomic E-state index is 0.00368. The van der Waals surface area contributed by atoms with Crippen molar-refractivity contribution in [1.29, 1.82) is 0 Å². The fourth-order valence-corrected chi connectivity index (χ4v) is 6.42. The van der Waals surface area contributed by atoms with Gasteiger partial charge >= 0.3 is 0 Å². The van der Waals surface area contributed by atoms with Crippen molar-refractivity contribution in [3.8, 4) is 0 Å². The van der Waals surface area contributed by atoms with Crippen LogP contribution >= 0.6 is 0 Å². The van der Waals surface area contributed by atoms with E-state index in [2.05, 4.69) is 20.9 Å². The number of carbonyl (C=O) groups is 3. The summed E-state index contributed by atoms with van der Waals surface area (Å²) >= 11 is 0. The molecule has 1 unspecified atom stereocenters. The van der Waals surface area contributed by atoms with Gasteiger partial charge in [0.15, 0.2) is 0 Å². The number of hydrogen-bond acceptors (Lipinski definition) is 6. The predicted octanol–water partition coefficient (Wildman–Crippen LogP) is 3.05. The number of nitrogens with zero attached hydrogens (tertiary/aromatic N) is 1. The van der Waals surface area contributed by atoms with Crippen molar-refractivity contribution in [3.05, 3.63) is 35.9 Å². The number of methoxy groups -OCH3 is 1. The highest BCUT2D eigenvalue weighted by Gasteiger charge is 2.42. The second-order valence-corrected chi connectivity index (χ2v) is 14.4.